The minimum absolute atomic E-state index is 0.0347. The molecular formula is C44H39Cl10N16O13P. The lowest BCUT2D eigenvalue weighted by Crippen LogP contribution is -2.30. The normalized spacial score (nSPS) is 9.96. The van der Waals surface area contributed by atoms with E-state index < -0.39 is 40.3 Å². The minimum Gasteiger partial charge on any atom is -0.618 e. The van der Waals surface area contributed by atoms with Crippen molar-refractivity contribution < 1.29 is 46.8 Å². The Kier molecular flexibility index (Phi) is 31.8. The Morgan fingerprint density at radius 1 is 0.619 bits per heavy atom. The number of nitrogens with zero attached hydrogens (tertiary/aromatic N) is 12. The molecule has 0 aromatic carbocycles. The molecular weight excluding hydrogens is 1350 g/mol. The molecule has 448 valence electrons. The summed E-state index contributed by atoms with van der Waals surface area (Å²) in [6, 6.07) is 17.9. The van der Waals surface area contributed by atoms with Crippen LogP contribution in [0.15, 0.2) is 131 Å². The van der Waals surface area contributed by atoms with E-state index in [0.29, 0.717) is 52.9 Å². The first-order valence-electron chi connectivity index (χ1n) is 21.7. The molecule has 0 saturated heterocycles. The molecule has 1 amide bonds. The van der Waals surface area contributed by atoms with Gasteiger partial charge in [-0.15, -0.1) is 15.3 Å². The van der Waals surface area contributed by atoms with Gasteiger partial charge in [-0.1, -0.05) is 81.2 Å². The number of ether oxygens (including phenoxy) is 1. The highest BCUT2D eigenvalue weighted by molar-refractivity contribution is 8.24. The summed E-state index contributed by atoms with van der Waals surface area (Å²) in [4.78, 5) is 84.1. The van der Waals surface area contributed by atoms with Crippen LogP contribution in [-0.2, 0) is 30.4 Å². The lowest BCUT2D eigenvalue weighted by atomic mass is 10.3. The maximum Gasteiger partial charge on any atom is 0.437 e. The first kappa shape index (κ1) is 73.0. The van der Waals surface area contributed by atoms with Crippen LogP contribution in [0.4, 0.5) is 0 Å². The molecule has 0 aliphatic rings. The number of nitrogens with one attached hydrogen (secondary N) is 1. The zero-order valence-electron chi connectivity index (χ0n) is 42.7. The number of carboxylic acids is 1. The van der Waals surface area contributed by atoms with Gasteiger partial charge in [-0.25, -0.2) is 44.8 Å². The Bertz CT molecular complexity index is 3830. The van der Waals surface area contributed by atoms with Crippen molar-refractivity contribution in [1.29, 1.82) is 0 Å². The summed E-state index contributed by atoms with van der Waals surface area (Å²) in [5.41, 5.74) is 3.22. The number of halogens is 10. The highest BCUT2D eigenvalue weighted by Gasteiger charge is 2.18. The number of hydrogen-bond acceptors (Lipinski definition) is 23. The van der Waals surface area contributed by atoms with E-state index in [1.807, 2.05) is 5.43 Å². The van der Waals surface area contributed by atoms with E-state index in [0.717, 1.165) is 14.0 Å². The monoisotopic (exact) mass is 1380 g/mol. The Balaban J connectivity index is 0.000000338. The van der Waals surface area contributed by atoms with Gasteiger partial charge in [0.25, 0.3) is 23.4 Å². The van der Waals surface area contributed by atoms with Gasteiger partial charge in [-0.3, -0.25) is 36.4 Å². The Morgan fingerprint density at radius 2 is 1.01 bits per heavy atom. The highest BCUT2D eigenvalue weighted by Crippen LogP contribution is 2.61. The Labute approximate surface area is 520 Å². The Morgan fingerprint density at radius 3 is 1.42 bits per heavy atom. The maximum absolute atomic E-state index is 11.3. The molecule has 29 nitrogen and oxygen atoms in total. The fourth-order valence-electron chi connectivity index (χ4n) is 4.91. The fourth-order valence-corrected chi connectivity index (χ4v) is 6.18. The minimum atomic E-state index is -3.22. The van der Waals surface area contributed by atoms with Gasteiger partial charge in [0.05, 0.1) is 11.6 Å². The smallest absolute Gasteiger partial charge is 0.437 e. The van der Waals surface area contributed by atoms with E-state index in [2.05, 4.69) is 85.6 Å². The predicted molar refractivity (Wildman–Crippen MR) is 312 cm³/mol. The van der Waals surface area contributed by atoms with Crippen molar-refractivity contribution in [2.24, 2.45) is 38.7 Å². The number of esters is 1. The van der Waals surface area contributed by atoms with Gasteiger partial charge in [0, 0.05) is 83.2 Å². The van der Waals surface area contributed by atoms with E-state index in [1.54, 1.807) is 31.2 Å². The first-order chi connectivity index (χ1) is 39.5. The number of amides is 1. The molecule has 40 heteroatoms. The van der Waals surface area contributed by atoms with Crippen molar-refractivity contribution in [3.05, 3.63) is 193 Å². The van der Waals surface area contributed by atoms with Gasteiger partial charge in [-0.2, -0.15) is 18.8 Å². The van der Waals surface area contributed by atoms with Crippen LogP contribution in [0.1, 0.15) is 38.4 Å². The molecule has 9 rings (SSSR count). The average molecular weight is 1390 g/mol. The molecule has 0 spiro atoms. The second-order valence-electron chi connectivity index (χ2n) is 14.3. The molecule has 8 N–H and O–H groups in total. The molecule has 9 aromatic heterocycles. The Hall–Kier alpha value is -7.06. The lowest BCUT2D eigenvalue weighted by molar-refractivity contribution is -0.594. The number of aromatic carboxylic acids is 1. The highest BCUT2D eigenvalue weighted by atomic mass is 36.0. The number of nitrogen functional groups attached to an aromatic ring is 1. The van der Waals surface area contributed by atoms with E-state index >= 15 is 0 Å². The van der Waals surface area contributed by atoms with Gasteiger partial charge >= 0.3 is 40.3 Å². The van der Waals surface area contributed by atoms with Crippen LogP contribution in [0.25, 0.3) is 34.8 Å². The van der Waals surface area contributed by atoms with Gasteiger partial charge in [0.1, 0.15) is 33.6 Å². The van der Waals surface area contributed by atoms with Crippen LogP contribution in [0.5, 0.6) is 0 Å². The van der Waals surface area contributed by atoms with E-state index in [-0.39, 0.29) is 45.6 Å². The van der Waals surface area contributed by atoms with Crippen molar-refractivity contribution in [3.63, 3.8) is 0 Å². The molecule has 0 bridgehead atoms. The lowest BCUT2D eigenvalue weighted by Gasteiger charge is -1.99. The van der Waals surface area contributed by atoms with E-state index in [1.165, 1.54) is 101 Å². The molecule has 0 aliphatic heterocycles. The van der Waals surface area contributed by atoms with Crippen LogP contribution >= 0.6 is 120 Å². The zero-order chi connectivity index (χ0) is 63.4. The number of aryl methyl sites for hydroxylation is 3. The van der Waals surface area contributed by atoms with E-state index in [9.17, 15) is 38.5 Å². The summed E-state index contributed by atoms with van der Waals surface area (Å²) in [7, 11) is 4.40. The first-order valence-corrected chi connectivity index (χ1v) is 28.8. The number of aromatic nitrogens is 12. The molecule has 0 saturated carbocycles. The SMILES string of the molecule is CCOC(=O)c1cc(Cl)ccn1.Cn1nc(-c2cc(Cl)cc(Cl)n2)oc1=O.Cn1nc(-c2cc(Cl)cc[n+]2[O-])oc1=O.Cn1nc(-c2cc(Cl)ccn2)oc1=O.NN.NNC(=O)c1cc(Cl)ccn1.O=C(O)c1cc(Cl)ccn1.O=P(Cl)(Cl)Cl. The van der Waals surface area contributed by atoms with Crippen LogP contribution in [0.3, 0.4) is 0 Å². The van der Waals surface area contributed by atoms with Crippen LogP contribution in [-0.4, -0.2) is 83.8 Å². The maximum atomic E-state index is 11.3. The van der Waals surface area contributed by atoms with Crippen molar-refractivity contribution in [1.82, 2.24) is 59.7 Å². The van der Waals surface area contributed by atoms with Crippen LogP contribution in [0.2, 0.25) is 35.3 Å². The summed E-state index contributed by atoms with van der Waals surface area (Å²) in [6.45, 7) is 2.08. The van der Waals surface area contributed by atoms with Gasteiger partial charge in [-0.05, 0) is 101 Å². The van der Waals surface area contributed by atoms with Crippen molar-refractivity contribution in [2.75, 3.05) is 6.61 Å². The van der Waals surface area contributed by atoms with Crippen molar-refractivity contribution >= 4 is 138 Å². The summed E-state index contributed by atoms with van der Waals surface area (Å²) in [5.74, 6) is 9.38. The summed E-state index contributed by atoms with van der Waals surface area (Å²) in [6.07, 6.45) is 6.99. The topological polar surface area (TPSA) is 423 Å². The molecule has 0 fully saturated rings. The van der Waals surface area contributed by atoms with Gasteiger partial charge in [0.15, 0.2) is 6.20 Å². The summed E-state index contributed by atoms with van der Waals surface area (Å²) in [5, 5.41) is 30.7. The van der Waals surface area contributed by atoms with Gasteiger partial charge < -0.3 is 28.3 Å². The third kappa shape index (κ3) is 27.1. The van der Waals surface area contributed by atoms with Crippen LogP contribution < -0.4 is 45.0 Å². The molecule has 9 aromatic rings. The number of rotatable bonds is 7. The quantitative estimate of drug-likeness (QED) is 0.0146. The number of pyridine rings is 6. The molecule has 0 radical (unpaired) electrons. The third-order valence-corrected chi connectivity index (χ3v) is 9.91. The molecule has 84 heavy (non-hydrogen) atoms. The number of carbonyl (C=O) groups excluding carboxylic acids is 2. The fraction of sp³-hybridized carbons (Fsp3) is 0.114. The second-order valence-corrected chi connectivity index (χ2v) is 23.9. The third-order valence-electron chi connectivity index (χ3n) is 8.32. The average Bonchev–Trinajstić information content (AvgIpc) is 3.45. The second kappa shape index (κ2) is 36.6. The molecule has 0 atom stereocenters. The number of carbonyl (C=O) groups is 3. The summed E-state index contributed by atoms with van der Waals surface area (Å²) < 4.78 is 32.3. The molecule has 9 heterocycles. The summed E-state index contributed by atoms with van der Waals surface area (Å²) >= 11 is 53.5. The zero-order valence-corrected chi connectivity index (χ0v) is 51.1. The van der Waals surface area contributed by atoms with E-state index in [4.69, 9.17) is 110 Å². The number of hydrogen-bond donors (Lipinski definition) is 5. The van der Waals surface area contributed by atoms with Gasteiger partial charge in [0.2, 0.25) is 0 Å². The van der Waals surface area contributed by atoms with Crippen molar-refractivity contribution in [2.45, 2.75) is 6.92 Å². The molecule has 0 aliphatic carbocycles. The van der Waals surface area contributed by atoms with Crippen LogP contribution in [0, 0.1) is 5.21 Å². The predicted octanol–water partition coefficient (Wildman–Crippen LogP) is 8.47. The largest absolute Gasteiger partial charge is 0.618 e. The standard InChI is InChI=1S/C8H5Cl2N3O2.C8H6ClN3O3.C8H6ClN3O2.C8H8ClNO2.C6H6ClN3O.C6H4ClNO2.Cl3OP.H4N2/c1-13-8(14)15-7(12-13)5-2-4(9)3-6(10)11-5;1-11-8(13)15-7(10-11)6-4-5(9)2-3-12(6)14;1-12-8(13)14-7(11-12)6-4-5(9)2-3-10-6;1-2-12-8(11)7-5-6(9)3-4-10-7;7-4-1-2-9-5(3-4)6(11)10-8;7-4-1-2-8-5(3-4)6(9)10;1-5(2,3)4;1-2/h2-3H,1H3;2-4H,1H3;2-4H,1H3;3-5H,2H2,1H3;1-3H,8H2,(H,10,11);1-3H,(H,9,10);;1-2H2. The number of carboxylic acid groups (broad SMARTS) is 1. The molecule has 0 unspecified atom stereocenters. The van der Waals surface area contributed by atoms with Crippen molar-refractivity contribution in [3.8, 4) is 34.8 Å². The number of nitrogens with two attached hydrogens (primary N) is 3. The number of hydrazine groups is 2.